The lowest BCUT2D eigenvalue weighted by Crippen LogP contribution is -2.58. The Labute approximate surface area is 142 Å². The van der Waals surface area contributed by atoms with Gasteiger partial charge in [0.05, 0.1) is 18.7 Å². The van der Waals surface area contributed by atoms with Gasteiger partial charge in [0, 0.05) is 17.8 Å². The Hall–Kier alpha value is -2.85. The van der Waals surface area contributed by atoms with Gasteiger partial charge in [-0.2, -0.15) is 13.2 Å². The number of amides is 1. The van der Waals surface area contributed by atoms with Crippen molar-refractivity contribution in [3.8, 4) is 11.4 Å². The zero-order chi connectivity index (χ0) is 19.1. The maximum absolute atomic E-state index is 13.4. The molecule has 0 aliphatic carbocycles. The average Bonchev–Trinajstić information content (AvgIpc) is 2.97. The average molecular weight is 376 g/mol. The molecule has 3 rings (SSSR count). The number of alkyl halides is 5. The molecule has 1 aromatic heterocycles. The van der Waals surface area contributed by atoms with E-state index in [-0.39, 0.29) is 11.4 Å². The van der Waals surface area contributed by atoms with Crippen molar-refractivity contribution >= 4 is 12.1 Å². The summed E-state index contributed by atoms with van der Waals surface area (Å²) in [5.74, 6) is -4.85. The quantitative estimate of drug-likeness (QED) is 0.611. The Balaban J connectivity index is 1.75. The third kappa shape index (κ3) is 3.86. The highest BCUT2D eigenvalue weighted by Gasteiger charge is 2.45. The normalized spacial score (nSPS) is 16.8. The summed E-state index contributed by atoms with van der Waals surface area (Å²) in [6, 6.07) is 1.88. The summed E-state index contributed by atoms with van der Waals surface area (Å²) in [7, 11) is 0. The van der Waals surface area contributed by atoms with Crippen LogP contribution >= 0.6 is 0 Å². The van der Waals surface area contributed by atoms with E-state index in [1.54, 1.807) is 0 Å². The molecule has 138 valence electrons. The molecule has 26 heavy (non-hydrogen) atoms. The first-order valence-corrected chi connectivity index (χ1v) is 7.18. The molecule has 1 saturated heterocycles. The molecule has 0 radical (unpaired) electrons. The number of halogens is 6. The minimum Gasteiger partial charge on any atom is -0.327 e. The first-order chi connectivity index (χ1) is 12.0. The van der Waals surface area contributed by atoms with Crippen molar-refractivity contribution in [2.24, 2.45) is 0 Å². The molecule has 0 N–H and O–H groups in total. The van der Waals surface area contributed by atoms with Crippen LogP contribution < -0.4 is 0 Å². The van der Waals surface area contributed by atoms with Gasteiger partial charge in [0.25, 0.3) is 5.92 Å². The van der Waals surface area contributed by atoms with Crippen LogP contribution in [0.15, 0.2) is 30.6 Å². The number of carbonyl (C=O) groups excluding carboxylic acids is 1. The van der Waals surface area contributed by atoms with Crippen LogP contribution in [0, 0.1) is 5.82 Å². The van der Waals surface area contributed by atoms with Gasteiger partial charge in [0.2, 0.25) is 5.91 Å². The number of likely N-dealkylation sites (tertiary alicyclic amines) is 1. The fraction of sp³-hybridized carbons (Fsp3) is 0.267. The summed E-state index contributed by atoms with van der Waals surface area (Å²) < 4.78 is 78.0. The van der Waals surface area contributed by atoms with E-state index in [2.05, 4.69) is 10.1 Å². The SMILES string of the molecule is O=C(/C=C\n1cnc(-c2cc(F)cc(C(F)(F)F)c2)n1)N1CC(F)(F)C1. The monoisotopic (exact) mass is 376 g/mol. The van der Waals surface area contributed by atoms with Crippen LogP contribution in [0.5, 0.6) is 0 Å². The zero-order valence-corrected chi connectivity index (χ0v) is 12.8. The second kappa shape index (κ2) is 6.15. The third-order valence-corrected chi connectivity index (χ3v) is 3.52. The Morgan fingerprint density at radius 1 is 1.19 bits per heavy atom. The van der Waals surface area contributed by atoms with Crippen molar-refractivity contribution in [1.82, 2.24) is 19.7 Å². The van der Waals surface area contributed by atoms with Crippen LogP contribution in [-0.4, -0.2) is 44.6 Å². The van der Waals surface area contributed by atoms with Crippen molar-refractivity contribution < 1.29 is 31.1 Å². The van der Waals surface area contributed by atoms with Crippen molar-refractivity contribution in [3.63, 3.8) is 0 Å². The maximum Gasteiger partial charge on any atom is 0.416 e. The highest BCUT2D eigenvalue weighted by molar-refractivity contribution is 5.90. The van der Waals surface area contributed by atoms with E-state index in [1.807, 2.05) is 0 Å². The van der Waals surface area contributed by atoms with Gasteiger partial charge in [-0.25, -0.2) is 22.8 Å². The Bertz CT molecular complexity index is 865. The molecular weight excluding hydrogens is 366 g/mol. The molecule has 0 unspecified atom stereocenters. The van der Waals surface area contributed by atoms with E-state index >= 15 is 0 Å². The van der Waals surface area contributed by atoms with E-state index in [0.29, 0.717) is 12.1 Å². The molecule has 0 atom stereocenters. The summed E-state index contributed by atoms with van der Waals surface area (Å²) in [6.45, 7) is -1.36. The van der Waals surface area contributed by atoms with Crippen LogP contribution in [0.4, 0.5) is 26.3 Å². The van der Waals surface area contributed by atoms with E-state index in [1.165, 1.54) is 0 Å². The lowest BCUT2D eigenvalue weighted by atomic mass is 10.1. The lowest BCUT2D eigenvalue weighted by molar-refractivity contribution is -0.160. The number of carbonyl (C=O) groups is 1. The largest absolute Gasteiger partial charge is 0.416 e. The Morgan fingerprint density at radius 2 is 1.88 bits per heavy atom. The van der Waals surface area contributed by atoms with Crippen molar-refractivity contribution in [2.45, 2.75) is 12.1 Å². The minimum atomic E-state index is -4.73. The number of benzene rings is 1. The van der Waals surface area contributed by atoms with Gasteiger partial charge in [-0.1, -0.05) is 0 Å². The molecule has 0 spiro atoms. The predicted octanol–water partition coefficient (Wildman–Crippen LogP) is 3.05. The first-order valence-electron chi connectivity index (χ1n) is 7.18. The van der Waals surface area contributed by atoms with Gasteiger partial charge >= 0.3 is 6.18 Å². The highest BCUT2D eigenvalue weighted by atomic mass is 19.4. The van der Waals surface area contributed by atoms with Gasteiger partial charge in [-0.05, 0) is 18.2 Å². The topological polar surface area (TPSA) is 51.0 Å². The predicted molar refractivity (Wildman–Crippen MR) is 77.3 cm³/mol. The van der Waals surface area contributed by atoms with Crippen LogP contribution in [-0.2, 0) is 11.0 Å². The van der Waals surface area contributed by atoms with Crippen molar-refractivity contribution in [2.75, 3.05) is 13.1 Å². The summed E-state index contributed by atoms with van der Waals surface area (Å²) in [5, 5.41) is 3.81. The molecule has 1 amide bonds. The molecule has 2 aromatic rings. The summed E-state index contributed by atoms with van der Waals surface area (Å²) >= 11 is 0. The van der Waals surface area contributed by atoms with E-state index in [4.69, 9.17) is 0 Å². The smallest absolute Gasteiger partial charge is 0.327 e. The molecule has 5 nitrogen and oxygen atoms in total. The first kappa shape index (κ1) is 18.0. The zero-order valence-electron chi connectivity index (χ0n) is 12.8. The molecule has 11 heteroatoms. The molecular formula is C15H10F6N4O. The van der Waals surface area contributed by atoms with Gasteiger partial charge in [0.15, 0.2) is 5.82 Å². The Morgan fingerprint density at radius 3 is 2.50 bits per heavy atom. The lowest BCUT2D eigenvalue weighted by Gasteiger charge is -2.37. The van der Waals surface area contributed by atoms with E-state index < -0.39 is 42.5 Å². The van der Waals surface area contributed by atoms with Gasteiger partial charge in [-0.15, -0.1) is 5.10 Å². The van der Waals surface area contributed by atoms with Crippen LogP contribution in [0.25, 0.3) is 17.6 Å². The summed E-state index contributed by atoms with van der Waals surface area (Å²) in [5.41, 5.74) is -1.38. The molecule has 1 aromatic carbocycles. The number of nitrogens with zero attached hydrogens (tertiary/aromatic N) is 4. The fourth-order valence-electron chi connectivity index (χ4n) is 2.27. The summed E-state index contributed by atoms with van der Waals surface area (Å²) in [4.78, 5) is 16.3. The van der Waals surface area contributed by atoms with Crippen LogP contribution in [0.2, 0.25) is 0 Å². The molecule has 0 bridgehead atoms. The van der Waals surface area contributed by atoms with Gasteiger partial charge < -0.3 is 4.90 Å². The third-order valence-electron chi connectivity index (χ3n) is 3.52. The maximum atomic E-state index is 13.4. The molecule has 2 heterocycles. The fourth-order valence-corrected chi connectivity index (χ4v) is 2.27. The Kier molecular flexibility index (Phi) is 4.24. The van der Waals surface area contributed by atoms with E-state index in [0.717, 1.165) is 34.3 Å². The molecule has 1 fully saturated rings. The molecule has 1 aliphatic rings. The van der Waals surface area contributed by atoms with Crippen LogP contribution in [0.1, 0.15) is 5.56 Å². The van der Waals surface area contributed by atoms with E-state index in [9.17, 15) is 31.1 Å². The van der Waals surface area contributed by atoms with Gasteiger partial charge in [0.1, 0.15) is 12.1 Å². The number of hydrogen-bond donors (Lipinski definition) is 0. The number of hydrogen-bond acceptors (Lipinski definition) is 3. The van der Waals surface area contributed by atoms with Gasteiger partial charge in [-0.3, -0.25) is 4.79 Å². The number of rotatable bonds is 3. The molecule has 1 aliphatic heterocycles. The van der Waals surface area contributed by atoms with Crippen LogP contribution in [0.3, 0.4) is 0 Å². The second-order valence-corrected chi connectivity index (χ2v) is 5.64. The standard InChI is InChI=1S/C15H10F6N4O/c16-11-4-9(3-10(5-11)15(19,20)21)13-22-8-25(23-13)2-1-12(26)24-6-14(17,18)7-24/h1-5,8H,6-7H2/b2-1-. The second-order valence-electron chi connectivity index (χ2n) is 5.64. The minimum absolute atomic E-state index is 0.192. The van der Waals surface area contributed by atoms with Crippen molar-refractivity contribution in [1.29, 1.82) is 0 Å². The number of aromatic nitrogens is 3. The summed E-state index contributed by atoms with van der Waals surface area (Å²) in [6.07, 6.45) is -1.56. The molecule has 0 saturated carbocycles. The van der Waals surface area contributed by atoms with Crippen molar-refractivity contribution in [3.05, 3.63) is 42.0 Å². The highest BCUT2D eigenvalue weighted by Crippen LogP contribution is 2.32.